The van der Waals surface area contributed by atoms with Crippen molar-refractivity contribution < 1.29 is 9.13 Å². The Labute approximate surface area is 112 Å². The molecule has 0 atom stereocenters. The fraction of sp³-hybridized carbons (Fsp3) is 0.357. The van der Waals surface area contributed by atoms with Crippen LogP contribution in [0.2, 0.25) is 0 Å². The van der Waals surface area contributed by atoms with Crippen LogP contribution in [0.3, 0.4) is 0 Å². The maximum atomic E-state index is 13.7. The Hall–Kier alpha value is -1.88. The second-order valence-corrected chi connectivity index (χ2v) is 4.34. The highest BCUT2D eigenvalue weighted by Gasteiger charge is 2.07. The summed E-state index contributed by atoms with van der Waals surface area (Å²) in [5.41, 5.74) is 7.14. The molecule has 19 heavy (non-hydrogen) atoms. The minimum atomic E-state index is -0.385. The van der Waals surface area contributed by atoms with Crippen molar-refractivity contribution in [3.63, 3.8) is 0 Å². The molecule has 0 spiro atoms. The molecule has 0 bridgehead atoms. The molecular weight excluding hydrogens is 245 g/mol. The first-order valence-electron chi connectivity index (χ1n) is 6.35. The Balaban J connectivity index is 2.04. The van der Waals surface area contributed by atoms with Gasteiger partial charge < -0.3 is 15.0 Å². The van der Waals surface area contributed by atoms with E-state index in [2.05, 4.69) is 11.9 Å². The quantitative estimate of drug-likeness (QED) is 0.871. The monoisotopic (exact) mass is 263 g/mol. The number of benzene rings is 1. The summed E-state index contributed by atoms with van der Waals surface area (Å²) in [7, 11) is 0. The van der Waals surface area contributed by atoms with Crippen molar-refractivity contribution in [3.05, 3.63) is 47.8 Å². The minimum absolute atomic E-state index is 0.237. The lowest BCUT2D eigenvalue weighted by atomic mass is 10.2. The maximum Gasteiger partial charge on any atom is 0.165 e. The van der Waals surface area contributed by atoms with Gasteiger partial charge in [0.1, 0.15) is 6.61 Å². The number of hydrogen-bond acceptors (Lipinski definition) is 3. The Morgan fingerprint density at radius 2 is 2.26 bits per heavy atom. The van der Waals surface area contributed by atoms with Crippen LogP contribution in [0.5, 0.6) is 5.75 Å². The second-order valence-electron chi connectivity index (χ2n) is 4.34. The average Bonchev–Trinajstić information content (AvgIpc) is 2.85. The number of nitrogens with two attached hydrogens (primary N) is 1. The molecule has 4 nitrogen and oxygen atoms in total. The zero-order valence-electron chi connectivity index (χ0n) is 11.0. The molecule has 0 aliphatic rings. The van der Waals surface area contributed by atoms with Gasteiger partial charge in [0, 0.05) is 13.1 Å². The average molecular weight is 263 g/mol. The van der Waals surface area contributed by atoms with Crippen LogP contribution >= 0.6 is 0 Å². The highest BCUT2D eigenvalue weighted by Crippen LogP contribution is 2.19. The smallest absolute Gasteiger partial charge is 0.165 e. The van der Waals surface area contributed by atoms with Crippen LogP contribution in [0.1, 0.15) is 24.6 Å². The third-order valence-electron chi connectivity index (χ3n) is 2.87. The van der Waals surface area contributed by atoms with Crippen LogP contribution in [0.25, 0.3) is 0 Å². The molecule has 0 aliphatic carbocycles. The molecule has 0 radical (unpaired) electrons. The topological polar surface area (TPSA) is 53.1 Å². The molecule has 0 aliphatic heterocycles. The summed E-state index contributed by atoms with van der Waals surface area (Å²) in [6, 6.07) is 4.78. The molecule has 0 unspecified atom stereocenters. The van der Waals surface area contributed by atoms with Gasteiger partial charge in [0.2, 0.25) is 0 Å². The first kappa shape index (κ1) is 13.5. The lowest BCUT2D eigenvalue weighted by Gasteiger charge is -2.10. The normalized spacial score (nSPS) is 10.7. The lowest BCUT2D eigenvalue weighted by Crippen LogP contribution is -2.06. The standard InChI is InChI=1S/C14H18FN3O/c1-2-5-18-10-17-8-12(18)9-19-14-4-3-11(7-16)6-13(14)15/h3-4,6,8,10H,2,5,7,9,16H2,1H3. The van der Waals surface area contributed by atoms with Gasteiger partial charge in [-0.05, 0) is 24.1 Å². The summed E-state index contributed by atoms with van der Waals surface area (Å²) in [5.74, 6) is -0.147. The Bertz CT molecular complexity index is 539. The van der Waals surface area contributed by atoms with E-state index in [-0.39, 0.29) is 11.6 Å². The summed E-state index contributed by atoms with van der Waals surface area (Å²) in [4.78, 5) is 4.08. The predicted molar refractivity (Wildman–Crippen MR) is 71.1 cm³/mol. The largest absolute Gasteiger partial charge is 0.484 e. The highest BCUT2D eigenvalue weighted by atomic mass is 19.1. The first-order chi connectivity index (χ1) is 9.24. The molecule has 2 aromatic rings. The Kier molecular flexibility index (Phi) is 4.52. The maximum absolute atomic E-state index is 13.7. The summed E-state index contributed by atoms with van der Waals surface area (Å²) in [6.07, 6.45) is 4.51. The summed E-state index contributed by atoms with van der Waals surface area (Å²) >= 11 is 0. The third-order valence-corrected chi connectivity index (χ3v) is 2.87. The number of rotatable bonds is 6. The molecule has 2 rings (SSSR count). The number of ether oxygens (including phenoxy) is 1. The number of hydrogen-bond donors (Lipinski definition) is 1. The van der Waals surface area contributed by atoms with Gasteiger partial charge >= 0.3 is 0 Å². The van der Waals surface area contributed by atoms with Gasteiger partial charge in [0.05, 0.1) is 18.2 Å². The van der Waals surface area contributed by atoms with Crippen LogP contribution in [0.15, 0.2) is 30.7 Å². The van der Waals surface area contributed by atoms with E-state index >= 15 is 0 Å². The van der Waals surface area contributed by atoms with E-state index in [1.807, 2.05) is 4.57 Å². The Morgan fingerprint density at radius 1 is 1.42 bits per heavy atom. The van der Waals surface area contributed by atoms with Crippen molar-refractivity contribution >= 4 is 0 Å². The minimum Gasteiger partial charge on any atom is -0.484 e. The van der Waals surface area contributed by atoms with Crippen LogP contribution in [0, 0.1) is 5.82 Å². The van der Waals surface area contributed by atoms with Gasteiger partial charge in [-0.3, -0.25) is 0 Å². The molecule has 5 heteroatoms. The van der Waals surface area contributed by atoms with E-state index in [1.165, 1.54) is 6.07 Å². The van der Waals surface area contributed by atoms with E-state index in [0.717, 1.165) is 24.2 Å². The molecular formula is C14H18FN3O. The number of aromatic nitrogens is 2. The predicted octanol–water partition coefficient (Wildman–Crippen LogP) is 2.47. The van der Waals surface area contributed by atoms with E-state index in [4.69, 9.17) is 10.5 Å². The highest BCUT2D eigenvalue weighted by molar-refractivity contribution is 5.29. The van der Waals surface area contributed by atoms with Crippen LogP contribution in [-0.4, -0.2) is 9.55 Å². The van der Waals surface area contributed by atoms with Gasteiger partial charge in [0.25, 0.3) is 0 Å². The van der Waals surface area contributed by atoms with Crippen LogP contribution < -0.4 is 10.5 Å². The number of halogens is 1. The van der Waals surface area contributed by atoms with Crippen LogP contribution in [0.4, 0.5) is 4.39 Å². The lowest BCUT2D eigenvalue weighted by molar-refractivity contribution is 0.280. The summed E-state index contributed by atoms with van der Waals surface area (Å²) < 4.78 is 21.2. The van der Waals surface area contributed by atoms with Crippen molar-refractivity contribution in [2.75, 3.05) is 0 Å². The van der Waals surface area contributed by atoms with Gasteiger partial charge in [0.15, 0.2) is 11.6 Å². The summed E-state index contributed by atoms with van der Waals surface area (Å²) in [5, 5.41) is 0. The zero-order chi connectivity index (χ0) is 13.7. The van der Waals surface area contributed by atoms with E-state index in [9.17, 15) is 4.39 Å². The molecule has 0 saturated heterocycles. The molecule has 0 amide bonds. The fourth-order valence-corrected chi connectivity index (χ4v) is 1.85. The number of nitrogens with zero attached hydrogens (tertiary/aromatic N) is 2. The second kappa shape index (κ2) is 6.33. The molecule has 1 aromatic heterocycles. The van der Waals surface area contributed by atoms with Crippen molar-refractivity contribution in [1.82, 2.24) is 9.55 Å². The van der Waals surface area contributed by atoms with Crippen molar-refractivity contribution in [2.45, 2.75) is 33.0 Å². The molecule has 102 valence electrons. The fourth-order valence-electron chi connectivity index (χ4n) is 1.85. The molecule has 0 saturated carbocycles. The number of aryl methyl sites for hydroxylation is 1. The van der Waals surface area contributed by atoms with Gasteiger partial charge in [-0.1, -0.05) is 13.0 Å². The molecule has 0 fully saturated rings. The molecule has 1 aromatic carbocycles. The van der Waals surface area contributed by atoms with Gasteiger partial charge in [-0.25, -0.2) is 9.37 Å². The molecule has 1 heterocycles. The van der Waals surface area contributed by atoms with Crippen molar-refractivity contribution in [2.24, 2.45) is 5.73 Å². The Morgan fingerprint density at radius 3 is 2.95 bits per heavy atom. The molecule has 2 N–H and O–H groups in total. The van der Waals surface area contributed by atoms with E-state index in [1.54, 1.807) is 24.7 Å². The SMILES string of the molecule is CCCn1cncc1COc1ccc(CN)cc1F. The van der Waals surface area contributed by atoms with E-state index in [0.29, 0.717) is 13.2 Å². The van der Waals surface area contributed by atoms with Crippen molar-refractivity contribution in [3.8, 4) is 5.75 Å². The first-order valence-corrected chi connectivity index (χ1v) is 6.35. The van der Waals surface area contributed by atoms with E-state index < -0.39 is 0 Å². The van der Waals surface area contributed by atoms with Crippen molar-refractivity contribution in [1.29, 1.82) is 0 Å². The summed E-state index contributed by atoms with van der Waals surface area (Å²) in [6.45, 7) is 3.60. The zero-order valence-corrected chi connectivity index (χ0v) is 11.0. The van der Waals surface area contributed by atoms with Gasteiger partial charge in [-0.15, -0.1) is 0 Å². The van der Waals surface area contributed by atoms with Gasteiger partial charge in [-0.2, -0.15) is 0 Å². The van der Waals surface area contributed by atoms with Crippen LogP contribution in [-0.2, 0) is 19.7 Å². The third kappa shape index (κ3) is 3.32. The number of imidazole rings is 1.